The fraction of sp³-hybridized carbons (Fsp3) is 0.0625. The zero-order valence-corrected chi connectivity index (χ0v) is 13.4. The standard InChI is InChI=1S/C16H12Cl2N4O/c17-14-20-15(18)22-16(21-14)19-12-6-8-13(9-7-12)23-10-11-4-2-1-3-5-11/h1-9H,10H2,(H,19,20,21,22). The maximum absolute atomic E-state index is 5.73. The summed E-state index contributed by atoms with van der Waals surface area (Å²) in [5.74, 6) is 1.05. The molecule has 0 aliphatic heterocycles. The third kappa shape index (κ3) is 4.55. The molecule has 0 fully saturated rings. The van der Waals surface area contributed by atoms with Gasteiger partial charge in [0.25, 0.3) is 0 Å². The van der Waals surface area contributed by atoms with Crippen LogP contribution in [0.3, 0.4) is 0 Å². The molecule has 0 unspecified atom stereocenters. The summed E-state index contributed by atoms with van der Waals surface area (Å²) in [7, 11) is 0. The zero-order chi connectivity index (χ0) is 16.1. The zero-order valence-electron chi connectivity index (χ0n) is 11.9. The lowest BCUT2D eigenvalue weighted by Gasteiger charge is -2.08. The van der Waals surface area contributed by atoms with Gasteiger partial charge in [0.2, 0.25) is 16.5 Å². The predicted octanol–water partition coefficient (Wildman–Crippen LogP) is 4.50. The highest BCUT2D eigenvalue weighted by Gasteiger charge is 2.04. The molecular formula is C16H12Cl2N4O. The number of rotatable bonds is 5. The van der Waals surface area contributed by atoms with E-state index >= 15 is 0 Å². The summed E-state index contributed by atoms with van der Waals surface area (Å²) in [5, 5.41) is 3.07. The van der Waals surface area contributed by atoms with Gasteiger partial charge in [-0.25, -0.2) is 0 Å². The summed E-state index contributed by atoms with van der Waals surface area (Å²) in [5.41, 5.74) is 1.90. The van der Waals surface area contributed by atoms with Crippen LogP contribution in [0.4, 0.5) is 11.6 Å². The molecule has 5 nitrogen and oxygen atoms in total. The summed E-state index contributed by atoms with van der Waals surface area (Å²) in [6, 6.07) is 17.4. The van der Waals surface area contributed by atoms with Crippen LogP contribution < -0.4 is 10.1 Å². The maximum atomic E-state index is 5.73. The fourth-order valence-electron chi connectivity index (χ4n) is 1.89. The Balaban J connectivity index is 1.62. The highest BCUT2D eigenvalue weighted by atomic mass is 35.5. The minimum absolute atomic E-state index is 0.0373. The monoisotopic (exact) mass is 346 g/mol. The van der Waals surface area contributed by atoms with Crippen molar-refractivity contribution in [2.45, 2.75) is 6.61 Å². The van der Waals surface area contributed by atoms with E-state index in [-0.39, 0.29) is 16.5 Å². The van der Waals surface area contributed by atoms with Crippen LogP contribution in [0.15, 0.2) is 54.6 Å². The number of nitrogens with one attached hydrogen (secondary N) is 1. The normalized spacial score (nSPS) is 10.3. The van der Waals surface area contributed by atoms with Gasteiger partial charge in [-0.1, -0.05) is 30.3 Å². The van der Waals surface area contributed by atoms with Crippen LogP contribution in [0.5, 0.6) is 5.75 Å². The second-order valence-electron chi connectivity index (χ2n) is 4.62. The lowest BCUT2D eigenvalue weighted by Crippen LogP contribution is -1.99. The molecule has 0 amide bonds. The van der Waals surface area contributed by atoms with Crippen molar-refractivity contribution < 1.29 is 4.74 Å². The second kappa shape index (κ2) is 7.26. The summed E-state index contributed by atoms with van der Waals surface area (Å²) in [6.45, 7) is 0.520. The summed E-state index contributed by atoms with van der Waals surface area (Å²) < 4.78 is 5.72. The van der Waals surface area contributed by atoms with E-state index < -0.39 is 0 Å². The third-order valence-electron chi connectivity index (χ3n) is 2.94. The minimum Gasteiger partial charge on any atom is -0.489 e. The molecule has 0 radical (unpaired) electrons. The second-order valence-corrected chi connectivity index (χ2v) is 5.30. The molecule has 0 bridgehead atoms. The molecule has 23 heavy (non-hydrogen) atoms. The molecule has 3 aromatic rings. The van der Waals surface area contributed by atoms with Crippen LogP contribution in [0.2, 0.25) is 10.6 Å². The molecule has 0 aliphatic carbocycles. The van der Waals surface area contributed by atoms with E-state index in [2.05, 4.69) is 20.3 Å². The number of nitrogens with zero attached hydrogens (tertiary/aromatic N) is 3. The van der Waals surface area contributed by atoms with Gasteiger partial charge < -0.3 is 10.1 Å². The SMILES string of the molecule is Clc1nc(Cl)nc(Nc2ccc(OCc3ccccc3)cc2)n1. The molecule has 7 heteroatoms. The molecule has 1 aromatic heterocycles. The van der Waals surface area contributed by atoms with Gasteiger partial charge in [0.1, 0.15) is 12.4 Å². The van der Waals surface area contributed by atoms with E-state index in [0.717, 1.165) is 17.0 Å². The van der Waals surface area contributed by atoms with Crippen LogP contribution in [-0.2, 0) is 6.61 Å². The molecule has 0 saturated carbocycles. The van der Waals surface area contributed by atoms with E-state index in [0.29, 0.717) is 6.61 Å². The van der Waals surface area contributed by atoms with Gasteiger partial charge in [0.05, 0.1) is 0 Å². The summed E-state index contributed by atoms with van der Waals surface area (Å²) in [4.78, 5) is 11.6. The molecular weight excluding hydrogens is 335 g/mol. The molecule has 1 N–H and O–H groups in total. The first-order valence-corrected chi connectivity index (χ1v) is 7.55. The Bertz CT molecular complexity index is 762. The Labute approximate surface area is 143 Å². The van der Waals surface area contributed by atoms with Gasteiger partial charge in [-0.2, -0.15) is 15.0 Å². The number of halogens is 2. The molecule has 3 rings (SSSR count). The lowest BCUT2D eigenvalue weighted by molar-refractivity contribution is 0.306. The average Bonchev–Trinajstić information content (AvgIpc) is 2.54. The minimum atomic E-state index is 0.0373. The van der Waals surface area contributed by atoms with Crippen molar-refractivity contribution in [3.05, 3.63) is 70.7 Å². The molecule has 1 heterocycles. The Morgan fingerprint density at radius 2 is 1.48 bits per heavy atom. The smallest absolute Gasteiger partial charge is 0.232 e. The van der Waals surface area contributed by atoms with Crippen molar-refractivity contribution in [1.29, 1.82) is 0 Å². The number of benzene rings is 2. The Kier molecular flexibility index (Phi) is 4.90. The van der Waals surface area contributed by atoms with Gasteiger partial charge in [0, 0.05) is 5.69 Å². The van der Waals surface area contributed by atoms with E-state index in [1.54, 1.807) is 0 Å². The van der Waals surface area contributed by atoms with Gasteiger partial charge >= 0.3 is 0 Å². The molecule has 0 spiro atoms. The fourth-order valence-corrected chi connectivity index (χ4v) is 2.25. The van der Waals surface area contributed by atoms with Gasteiger partial charge in [-0.3, -0.25) is 0 Å². The molecule has 0 atom stereocenters. The highest BCUT2D eigenvalue weighted by molar-refractivity contribution is 6.31. The number of hydrogen-bond acceptors (Lipinski definition) is 5. The lowest BCUT2D eigenvalue weighted by atomic mass is 10.2. The Morgan fingerprint density at radius 1 is 0.826 bits per heavy atom. The van der Waals surface area contributed by atoms with Crippen LogP contribution in [0, 0.1) is 0 Å². The van der Waals surface area contributed by atoms with Crippen molar-refractivity contribution >= 4 is 34.8 Å². The molecule has 0 saturated heterocycles. The van der Waals surface area contributed by atoms with Crippen LogP contribution in [0.1, 0.15) is 5.56 Å². The maximum Gasteiger partial charge on any atom is 0.232 e. The van der Waals surface area contributed by atoms with E-state index in [4.69, 9.17) is 27.9 Å². The van der Waals surface area contributed by atoms with Crippen molar-refractivity contribution in [3.63, 3.8) is 0 Å². The van der Waals surface area contributed by atoms with Crippen molar-refractivity contribution in [2.75, 3.05) is 5.32 Å². The van der Waals surface area contributed by atoms with Gasteiger partial charge in [-0.05, 0) is 53.0 Å². The third-order valence-corrected chi connectivity index (χ3v) is 3.28. The van der Waals surface area contributed by atoms with E-state index in [1.165, 1.54) is 0 Å². The Hall–Kier alpha value is -2.37. The number of aromatic nitrogens is 3. The summed E-state index contributed by atoms with van der Waals surface area (Å²) >= 11 is 11.5. The van der Waals surface area contributed by atoms with Crippen molar-refractivity contribution in [3.8, 4) is 5.75 Å². The number of ether oxygens (including phenoxy) is 1. The predicted molar refractivity (Wildman–Crippen MR) is 90.3 cm³/mol. The van der Waals surface area contributed by atoms with Crippen molar-refractivity contribution in [2.24, 2.45) is 0 Å². The number of anilines is 2. The van der Waals surface area contributed by atoms with Crippen LogP contribution >= 0.6 is 23.2 Å². The van der Waals surface area contributed by atoms with Crippen molar-refractivity contribution in [1.82, 2.24) is 15.0 Å². The quantitative estimate of drug-likeness (QED) is 0.736. The largest absolute Gasteiger partial charge is 0.489 e. The molecule has 0 aliphatic rings. The molecule has 2 aromatic carbocycles. The van der Waals surface area contributed by atoms with Gasteiger partial charge in [-0.15, -0.1) is 0 Å². The first-order valence-electron chi connectivity index (χ1n) is 6.80. The summed E-state index contributed by atoms with van der Waals surface area (Å²) in [6.07, 6.45) is 0. The number of hydrogen-bond donors (Lipinski definition) is 1. The first-order chi connectivity index (χ1) is 11.2. The Morgan fingerprint density at radius 3 is 2.13 bits per heavy atom. The van der Waals surface area contributed by atoms with Crippen LogP contribution in [-0.4, -0.2) is 15.0 Å². The first kappa shape index (κ1) is 15.5. The molecule has 116 valence electrons. The topological polar surface area (TPSA) is 59.9 Å². The average molecular weight is 347 g/mol. The van der Waals surface area contributed by atoms with Crippen LogP contribution in [0.25, 0.3) is 0 Å². The van der Waals surface area contributed by atoms with E-state index in [9.17, 15) is 0 Å². The van der Waals surface area contributed by atoms with Gasteiger partial charge in [0.15, 0.2) is 0 Å². The highest BCUT2D eigenvalue weighted by Crippen LogP contribution is 2.20. The van der Waals surface area contributed by atoms with E-state index in [1.807, 2.05) is 54.6 Å².